The number of rotatable bonds is 0. The van der Waals surface area contributed by atoms with Crippen LogP contribution in [0.2, 0.25) is 0 Å². The number of fused-ring (bicyclic) bond motifs is 1. The Labute approximate surface area is 65.3 Å². The number of hydrogen-bond donors (Lipinski definition) is 0. The highest BCUT2D eigenvalue weighted by Gasteiger charge is 1.94. The van der Waals surface area contributed by atoms with Gasteiger partial charge >= 0.3 is 0 Å². The molecule has 11 heavy (non-hydrogen) atoms. The molecule has 1 aromatic rings. The van der Waals surface area contributed by atoms with Crippen LogP contribution in [0.5, 0.6) is 0 Å². The van der Waals surface area contributed by atoms with E-state index >= 15 is 0 Å². The Hall–Kier alpha value is -1.18. The van der Waals surface area contributed by atoms with Gasteiger partial charge in [0, 0.05) is 6.20 Å². The molecule has 0 N–H and O–H groups in total. The number of aryl methyl sites for hydroxylation is 1. The van der Waals surface area contributed by atoms with Gasteiger partial charge in [0.05, 0.1) is 16.4 Å². The van der Waals surface area contributed by atoms with Crippen LogP contribution in [0.25, 0.3) is 12.2 Å². The summed E-state index contributed by atoms with van der Waals surface area (Å²) in [6.45, 7) is 1.97. The molecule has 2 nitrogen and oxygen atoms in total. The first-order valence-corrected chi connectivity index (χ1v) is 3.86. The zero-order valence-electron chi connectivity index (χ0n) is 6.54. The van der Waals surface area contributed by atoms with Gasteiger partial charge in [0.25, 0.3) is 0 Å². The third-order valence-corrected chi connectivity index (χ3v) is 1.79. The Bertz CT molecular complexity index is 379. The topological polar surface area (TPSA) is 25.8 Å². The lowest BCUT2D eigenvalue weighted by atomic mass is 10.2. The molecule has 0 amide bonds. The normalized spacial score (nSPS) is 14.6. The number of hydrogen-bond acceptors (Lipinski definition) is 2. The van der Waals surface area contributed by atoms with Crippen molar-refractivity contribution in [2.45, 2.75) is 19.8 Å². The molecule has 0 aromatic carbocycles. The summed E-state index contributed by atoms with van der Waals surface area (Å²) in [5.74, 6) is 0. The molecule has 1 aliphatic rings. The zero-order valence-corrected chi connectivity index (χ0v) is 6.54. The van der Waals surface area contributed by atoms with Gasteiger partial charge < -0.3 is 0 Å². The van der Waals surface area contributed by atoms with Crippen molar-refractivity contribution in [3.05, 3.63) is 22.6 Å². The second-order valence-electron chi connectivity index (χ2n) is 2.77. The van der Waals surface area contributed by atoms with Crippen LogP contribution in [-0.4, -0.2) is 9.97 Å². The van der Waals surface area contributed by atoms with Gasteiger partial charge in [-0.2, -0.15) is 0 Å². The molecule has 1 aromatic heterocycles. The van der Waals surface area contributed by atoms with E-state index in [0.717, 1.165) is 29.2 Å². The Kier molecular flexibility index (Phi) is 1.46. The molecule has 0 spiro atoms. The van der Waals surface area contributed by atoms with Crippen molar-refractivity contribution in [2.75, 3.05) is 0 Å². The lowest BCUT2D eigenvalue weighted by Gasteiger charge is -1.97. The summed E-state index contributed by atoms with van der Waals surface area (Å²) in [5.41, 5.74) is 0.996. The molecular weight excluding hydrogens is 136 g/mol. The summed E-state index contributed by atoms with van der Waals surface area (Å²) in [6, 6.07) is 0. The van der Waals surface area contributed by atoms with Crippen LogP contribution >= 0.6 is 0 Å². The maximum atomic E-state index is 4.36. The van der Waals surface area contributed by atoms with Gasteiger partial charge in [-0.1, -0.05) is 12.2 Å². The molecule has 1 heterocycles. The molecule has 2 rings (SSSR count). The highest BCUT2D eigenvalue weighted by molar-refractivity contribution is 5.32. The Morgan fingerprint density at radius 1 is 1.18 bits per heavy atom. The first-order chi connectivity index (χ1) is 5.36. The fourth-order valence-corrected chi connectivity index (χ4v) is 1.25. The van der Waals surface area contributed by atoms with Crippen LogP contribution in [0.3, 0.4) is 0 Å². The highest BCUT2D eigenvalue weighted by atomic mass is 14.8. The standard InChI is InChI=1S/C9H10N2/c1-7-6-10-8-4-2-3-5-9(8)11-7/h4-6H,2-3H2,1H3. The minimum Gasteiger partial charge on any atom is -0.253 e. The lowest BCUT2D eigenvalue weighted by Crippen LogP contribution is -2.33. The SMILES string of the molecule is Cc1cnc2c(n1)=CCCC=2. The predicted molar refractivity (Wildman–Crippen MR) is 44.2 cm³/mol. The van der Waals surface area contributed by atoms with Crippen LogP contribution in [0.1, 0.15) is 18.5 Å². The Balaban J connectivity index is 2.80. The van der Waals surface area contributed by atoms with E-state index in [-0.39, 0.29) is 0 Å². The van der Waals surface area contributed by atoms with Crippen molar-refractivity contribution in [3.63, 3.8) is 0 Å². The van der Waals surface area contributed by atoms with E-state index in [0.29, 0.717) is 0 Å². The van der Waals surface area contributed by atoms with E-state index in [1.807, 2.05) is 13.1 Å². The van der Waals surface area contributed by atoms with E-state index in [1.165, 1.54) is 0 Å². The minimum atomic E-state index is 0.996. The van der Waals surface area contributed by atoms with Gasteiger partial charge in [0.1, 0.15) is 0 Å². The van der Waals surface area contributed by atoms with E-state index in [4.69, 9.17) is 0 Å². The fourth-order valence-electron chi connectivity index (χ4n) is 1.25. The third kappa shape index (κ3) is 1.16. The molecule has 0 radical (unpaired) electrons. The monoisotopic (exact) mass is 146 g/mol. The summed E-state index contributed by atoms with van der Waals surface area (Å²) in [7, 11) is 0. The first-order valence-electron chi connectivity index (χ1n) is 3.86. The van der Waals surface area contributed by atoms with E-state index < -0.39 is 0 Å². The van der Waals surface area contributed by atoms with E-state index in [1.54, 1.807) is 0 Å². The first kappa shape index (κ1) is 6.53. The highest BCUT2D eigenvalue weighted by Crippen LogP contribution is 1.92. The van der Waals surface area contributed by atoms with E-state index in [9.17, 15) is 0 Å². The average Bonchev–Trinajstić information content (AvgIpc) is 2.04. The molecule has 1 aliphatic carbocycles. The van der Waals surface area contributed by atoms with Crippen molar-refractivity contribution in [3.8, 4) is 0 Å². The summed E-state index contributed by atoms with van der Waals surface area (Å²) in [5, 5.41) is 2.10. The quantitative estimate of drug-likeness (QED) is 0.520. The summed E-state index contributed by atoms with van der Waals surface area (Å²) < 4.78 is 0. The largest absolute Gasteiger partial charge is 0.253 e. The van der Waals surface area contributed by atoms with Gasteiger partial charge in [-0.25, -0.2) is 0 Å². The van der Waals surface area contributed by atoms with Crippen molar-refractivity contribution >= 4 is 12.2 Å². The Morgan fingerprint density at radius 2 is 1.91 bits per heavy atom. The van der Waals surface area contributed by atoms with Gasteiger partial charge in [-0.3, -0.25) is 9.97 Å². The molecule has 0 aliphatic heterocycles. The molecule has 0 unspecified atom stereocenters. The van der Waals surface area contributed by atoms with Gasteiger partial charge in [-0.05, 0) is 19.8 Å². The van der Waals surface area contributed by atoms with Crippen molar-refractivity contribution < 1.29 is 0 Å². The van der Waals surface area contributed by atoms with E-state index in [2.05, 4.69) is 22.1 Å². The summed E-state index contributed by atoms with van der Waals surface area (Å²) in [6.07, 6.45) is 8.31. The molecule has 0 fully saturated rings. The lowest BCUT2D eigenvalue weighted by molar-refractivity contribution is 0.987. The zero-order chi connectivity index (χ0) is 7.68. The third-order valence-electron chi connectivity index (χ3n) is 1.79. The second kappa shape index (κ2) is 2.46. The van der Waals surface area contributed by atoms with Crippen LogP contribution in [0, 0.1) is 6.92 Å². The van der Waals surface area contributed by atoms with Crippen molar-refractivity contribution in [1.29, 1.82) is 0 Å². The average molecular weight is 146 g/mol. The Morgan fingerprint density at radius 3 is 2.73 bits per heavy atom. The van der Waals surface area contributed by atoms with Gasteiger partial charge in [0.2, 0.25) is 0 Å². The summed E-state index contributed by atoms with van der Waals surface area (Å²) in [4.78, 5) is 8.63. The fraction of sp³-hybridized carbons (Fsp3) is 0.333. The molecule has 0 saturated carbocycles. The van der Waals surface area contributed by atoms with Crippen LogP contribution < -0.4 is 10.7 Å². The molecule has 0 atom stereocenters. The minimum absolute atomic E-state index is 0.996. The smallest absolute Gasteiger partial charge is 0.0847 e. The molecule has 0 saturated heterocycles. The van der Waals surface area contributed by atoms with Crippen LogP contribution in [0.15, 0.2) is 6.20 Å². The molecule has 0 bridgehead atoms. The van der Waals surface area contributed by atoms with Crippen molar-refractivity contribution in [2.24, 2.45) is 0 Å². The molecule has 2 heteroatoms. The van der Waals surface area contributed by atoms with Crippen LogP contribution in [0.4, 0.5) is 0 Å². The maximum absolute atomic E-state index is 4.36. The van der Waals surface area contributed by atoms with Crippen molar-refractivity contribution in [1.82, 2.24) is 9.97 Å². The molecule has 56 valence electrons. The van der Waals surface area contributed by atoms with Gasteiger partial charge in [-0.15, -0.1) is 0 Å². The second-order valence-corrected chi connectivity index (χ2v) is 2.77. The maximum Gasteiger partial charge on any atom is 0.0847 e. The number of aromatic nitrogens is 2. The van der Waals surface area contributed by atoms with Crippen LogP contribution in [-0.2, 0) is 0 Å². The summed E-state index contributed by atoms with van der Waals surface area (Å²) >= 11 is 0. The van der Waals surface area contributed by atoms with Gasteiger partial charge in [0.15, 0.2) is 0 Å². The number of nitrogens with zero attached hydrogens (tertiary/aromatic N) is 2. The predicted octanol–water partition coefficient (Wildman–Crippen LogP) is 0.140. The molecular formula is C9H10N2.